The maximum Gasteiger partial charge on any atom is 0.327 e. The van der Waals surface area contributed by atoms with Crippen LogP contribution in [0.3, 0.4) is 0 Å². The number of amides is 2. The van der Waals surface area contributed by atoms with Crippen molar-refractivity contribution in [2.45, 2.75) is 18.9 Å². The summed E-state index contributed by atoms with van der Waals surface area (Å²) in [4.78, 5) is 35.5. The first-order chi connectivity index (χ1) is 8.09. The van der Waals surface area contributed by atoms with Crippen LogP contribution >= 0.6 is 11.8 Å². The normalized spacial score (nSPS) is 28.9. The van der Waals surface area contributed by atoms with Gasteiger partial charge in [0.25, 0.3) is 0 Å². The highest BCUT2D eigenvalue weighted by Crippen LogP contribution is 2.25. The van der Waals surface area contributed by atoms with Gasteiger partial charge >= 0.3 is 5.97 Å². The Hall–Kier alpha value is -1.24. The van der Waals surface area contributed by atoms with Crippen molar-refractivity contribution in [1.82, 2.24) is 10.2 Å². The number of hydrogen-bond acceptors (Lipinski definition) is 4. The fraction of sp³-hybridized carbons (Fsp3) is 0.700. The summed E-state index contributed by atoms with van der Waals surface area (Å²) in [6.07, 6.45) is 0.854. The van der Waals surface area contributed by atoms with E-state index in [1.807, 2.05) is 0 Å². The Morgan fingerprint density at radius 2 is 2.24 bits per heavy atom. The third-order valence-corrected chi connectivity index (χ3v) is 4.08. The topological polar surface area (TPSA) is 86.7 Å². The van der Waals surface area contributed by atoms with E-state index in [0.717, 1.165) is 0 Å². The number of rotatable bonds is 2. The Morgan fingerprint density at radius 3 is 2.82 bits per heavy atom. The highest BCUT2D eigenvalue weighted by molar-refractivity contribution is 7.99. The molecule has 0 saturated carbocycles. The maximum absolute atomic E-state index is 12.1. The van der Waals surface area contributed by atoms with Crippen molar-refractivity contribution in [2.24, 2.45) is 5.92 Å². The molecule has 17 heavy (non-hydrogen) atoms. The Morgan fingerprint density at radius 1 is 1.47 bits per heavy atom. The van der Waals surface area contributed by atoms with Crippen molar-refractivity contribution in [2.75, 3.05) is 18.2 Å². The molecule has 0 radical (unpaired) electrons. The number of hydrogen-bond donors (Lipinski definition) is 2. The zero-order chi connectivity index (χ0) is 12.4. The molecule has 2 aliphatic rings. The lowest BCUT2D eigenvalue weighted by Gasteiger charge is -2.28. The lowest BCUT2D eigenvalue weighted by Crippen LogP contribution is -2.48. The first-order valence-electron chi connectivity index (χ1n) is 5.47. The largest absolute Gasteiger partial charge is 0.480 e. The molecule has 0 aromatic heterocycles. The number of thioether (sulfide) groups is 1. The number of carbonyl (C=O) groups excluding carboxylic acids is 2. The van der Waals surface area contributed by atoms with Gasteiger partial charge in [-0.1, -0.05) is 0 Å². The van der Waals surface area contributed by atoms with E-state index in [9.17, 15) is 14.4 Å². The molecule has 2 N–H and O–H groups in total. The number of carbonyl (C=O) groups is 3. The molecule has 0 spiro atoms. The summed E-state index contributed by atoms with van der Waals surface area (Å²) in [6.45, 7) is 0.325. The second kappa shape index (κ2) is 4.95. The molecule has 2 atom stereocenters. The van der Waals surface area contributed by atoms with Crippen LogP contribution in [-0.2, 0) is 14.4 Å². The fourth-order valence-corrected chi connectivity index (χ4v) is 3.20. The van der Waals surface area contributed by atoms with Crippen LogP contribution in [0, 0.1) is 5.92 Å². The Bertz CT molecular complexity index is 350. The van der Waals surface area contributed by atoms with Gasteiger partial charge in [-0.15, -0.1) is 11.8 Å². The Balaban J connectivity index is 1.99. The van der Waals surface area contributed by atoms with Crippen molar-refractivity contribution in [3.05, 3.63) is 0 Å². The SMILES string of the molecule is O=C1CCC(C(=O)N2CSC[C@H]2C(=O)O)CN1. The average Bonchev–Trinajstić information content (AvgIpc) is 2.78. The van der Waals surface area contributed by atoms with Crippen LogP contribution in [0.15, 0.2) is 0 Å². The van der Waals surface area contributed by atoms with Gasteiger partial charge in [-0.2, -0.15) is 0 Å². The summed E-state index contributed by atoms with van der Waals surface area (Å²) in [5.74, 6) is -0.543. The molecule has 0 aliphatic carbocycles. The summed E-state index contributed by atoms with van der Waals surface area (Å²) < 4.78 is 0. The molecule has 1 unspecified atom stereocenters. The molecule has 2 rings (SSSR count). The third kappa shape index (κ3) is 2.54. The second-order valence-corrected chi connectivity index (χ2v) is 5.20. The number of carboxylic acids is 1. The minimum Gasteiger partial charge on any atom is -0.480 e. The van der Waals surface area contributed by atoms with Crippen molar-refractivity contribution in [1.29, 1.82) is 0 Å². The smallest absolute Gasteiger partial charge is 0.327 e. The molecule has 94 valence electrons. The van der Waals surface area contributed by atoms with E-state index in [2.05, 4.69) is 5.32 Å². The summed E-state index contributed by atoms with van der Waals surface area (Å²) in [5, 5.41) is 11.6. The summed E-state index contributed by atoms with van der Waals surface area (Å²) >= 11 is 1.45. The van der Waals surface area contributed by atoms with Gasteiger partial charge in [0.1, 0.15) is 6.04 Å². The van der Waals surface area contributed by atoms with E-state index in [-0.39, 0.29) is 17.7 Å². The lowest BCUT2D eigenvalue weighted by atomic mass is 9.97. The van der Waals surface area contributed by atoms with Gasteiger partial charge in [-0.05, 0) is 6.42 Å². The number of piperidine rings is 1. The first kappa shape index (κ1) is 12.2. The minimum absolute atomic E-state index is 0.0420. The van der Waals surface area contributed by atoms with Crippen LogP contribution in [0.1, 0.15) is 12.8 Å². The van der Waals surface area contributed by atoms with Crippen LogP contribution in [0.2, 0.25) is 0 Å². The average molecular weight is 258 g/mol. The van der Waals surface area contributed by atoms with Gasteiger partial charge in [0.05, 0.1) is 11.8 Å². The highest BCUT2D eigenvalue weighted by Gasteiger charge is 2.38. The summed E-state index contributed by atoms with van der Waals surface area (Å²) in [5.41, 5.74) is 0. The van der Waals surface area contributed by atoms with Gasteiger partial charge in [0, 0.05) is 18.7 Å². The van der Waals surface area contributed by atoms with Crippen LogP contribution in [0.25, 0.3) is 0 Å². The molecule has 7 heteroatoms. The van der Waals surface area contributed by atoms with E-state index in [4.69, 9.17) is 5.11 Å². The molecule has 0 aromatic carbocycles. The zero-order valence-corrected chi connectivity index (χ0v) is 10.0. The van der Waals surface area contributed by atoms with Crippen LogP contribution in [-0.4, -0.2) is 52.0 Å². The predicted octanol–water partition coefficient (Wildman–Crippen LogP) is -0.501. The number of nitrogens with zero attached hydrogens (tertiary/aromatic N) is 1. The van der Waals surface area contributed by atoms with E-state index in [0.29, 0.717) is 31.0 Å². The quantitative estimate of drug-likeness (QED) is 0.697. The zero-order valence-electron chi connectivity index (χ0n) is 9.22. The van der Waals surface area contributed by atoms with Crippen molar-refractivity contribution in [3.63, 3.8) is 0 Å². The number of aliphatic carboxylic acids is 1. The van der Waals surface area contributed by atoms with Crippen molar-refractivity contribution in [3.8, 4) is 0 Å². The van der Waals surface area contributed by atoms with Crippen LogP contribution < -0.4 is 5.32 Å². The number of nitrogens with one attached hydrogen (secondary N) is 1. The molecule has 2 saturated heterocycles. The molecule has 6 nitrogen and oxygen atoms in total. The summed E-state index contributed by atoms with van der Waals surface area (Å²) in [6, 6.07) is -0.717. The second-order valence-electron chi connectivity index (χ2n) is 4.20. The molecule has 2 amide bonds. The summed E-state index contributed by atoms with van der Waals surface area (Å²) in [7, 11) is 0. The minimum atomic E-state index is -0.955. The van der Waals surface area contributed by atoms with Gasteiger partial charge < -0.3 is 15.3 Å². The number of carboxylic acid groups (broad SMARTS) is 1. The standard InChI is InChI=1S/C10H14N2O4S/c13-8-2-1-6(3-11-8)9(14)12-5-17-4-7(12)10(15)16/h6-7H,1-5H2,(H,11,13)(H,15,16)/t6?,7-/m0/s1. The van der Waals surface area contributed by atoms with Gasteiger partial charge in [0.15, 0.2) is 0 Å². The van der Waals surface area contributed by atoms with E-state index in [1.165, 1.54) is 16.7 Å². The maximum atomic E-state index is 12.1. The van der Waals surface area contributed by atoms with E-state index in [1.54, 1.807) is 0 Å². The Kier molecular flexibility index (Phi) is 3.56. The molecule has 2 heterocycles. The Labute approximate surface area is 103 Å². The van der Waals surface area contributed by atoms with E-state index < -0.39 is 12.0 Å². The molecular weight excluding hydrogens is 244 g/mol. The van der Waals surface area contributed by atoms with Gasteiger partial charge in [0.2, 0.25) is 11.8 Å². The fourth-order valence-electron chi connectivity index (χ4n) is 2.04. The molecule has 0 aromatic rings. The van der Waals surface area contributed by atoms with E-state index >= 15 is 0 Å². The lowest BCUT2D eigenvalue weighted by molar-refractivity contribution is -0.150. The molecule has 2 aliphatic heterocycles. The predicted molar refractivity (Wildman–Crippen MR) is 61.3 cm³/mol. The first-order valence-corrected chi connectivity index (χ1v) is 6.63. The van der Waals surface area contributed by atoms with Gasteiger partial charge in [-0.3, -0.25) is 9.59 Å². The monoisotopic (exact) mass is 258 g/mol. The third-order valence-electron chi connectivity index (χ3n) is 3.07. The molecule has 2 fully saturated rings. The van der Waals surface area contributed by atoms with Crippen molar-refractivity contribution < 1.29 is 19.5 Å². The van der Waals surface area contributed by atoms with Crippen molar-refractivity contribution >= 4 is 29.5 Å². The van der Waals surface area contributed by atoms with Crippen LogP contribution in [0.4, 0.5) is 0 Å². The van der Waals surface area contributed by atoms with Crippen LogP contribution in [0.5, 0.6) is 0 Å². The molecular formula is C10H14N2O4S. The highest BCUT2D eigenvalue weighted by atomic mass is 32.2. The molecule has 0 bridgehead atoms. The van der Waals surface area contributed by atoms with Gasteiger partial charge in [-0.25, -0.2) is 4.79 Å².